The Bertz CT molecular complexity index is 541. The van der Waals surface area contributed by atoms with Gasteiger partial charge in [0.15, 0.2) is 0 Å². The Morgan fingerprint density at radius 2 is 2.20 bits per heavy atom. The molecular formula is C15H20ClN3S. The highest BCUT2D eigenvalue weighted by Crippen LogP contribution is 2.15. The molecule has 1 N–H and O–H groups in total. The molecule has 2 rings (SSSR count). The molecule has 0 aliphatic carbocycles. The first kappa shape index (κ1) is 15.4. The summed E-state index contributed by atoms with van der Waals surface area (Å²) in [4.78, 5) is 6.88. The van der Waals surface area contributed by atoms with Gasteiger partial charge in [-0.1, -0.05) is 30.7 Å². The molecule has 5 heteroatoms. The topological polar surface area (TPSA) is 28.2 Å². The average molecular weight is 310 g/mol. The largest absolute Gasteiger partial charge is 0.311 e. The lowest BCUT2D eigenvalue weighted by Crippen LogP contribution is -2.17. The van der Waals surface area contributed by atoms with Gasteiger partial charge in [-0.3, -0.25) is 4.90 Å². The Morgan fingerprint density at radius 3 is 2.95 bits per heavy atom. The van der Waals surface area contributed by atoms with Crippen molar-refractivity contribution in [3.05, 3.63) is 50.9 Å². The Hall–Kier alpha value is -0.940. The Balaban J connectivity index is 1.87. The molecule has 0 aliphatic rings. The van der Waals surface area contributed by atoms with Gasteiger partial charge in [-0.25, -0.2) is 4.98 Å². The van der Waals surface area contributed by atoms with Gasteiger partial charge in [0.05, 0.1) is 5.69 Å². The van der Waals surface area contributed by atoms with E-state index in [1.165, 1.54) is 5.56 Å². The van der Waals surface area contributed by atoms with E-state index in [1.807, 2.05) is 18.2 Å². The van der Waals surface area contributed by atoms with Crippen molar-refractivity contribution in [2.24, 2.45) is 0 Å². The minimum atomic E-state index is 0.789. The second-order valence-corrected chi connectivity index (χ2v) is 6.19. The van der Waals surface area contributed by atoms with Gasteiger partial charge in [0.25, 0.3) is 0 Å². The third kappa shape index (κ3) is 4.87. The van der Waals surface area contributed by atoms with Crippen LogP contribution >= 0.6 is 22.9 Å². The molecule has 0 saturated heterocycles. The molecule has 0 aliphatic heterocycles. The Kier molecular flexibility index (Phi) is 5.98. The number of hydrogen-bond donors (Lipinski definition) is 1. The molecular weight excluding hydrogens is 290 g/mol. The van der Waals surface area contributed by atoms with Gasteiger partial charge in [-0.2, -0.15) is 0 Å². The van der Waals surface area contributed by atoms with Crippen LogP contribution < -0.4 is 5.32 Å². The summed E-state index contributed by atoms with van der Waals surface area (Å²) >= 11 is 7.72. The maximum Gasteiger partial charge on any atom is 0.107 e. The van der Waals surface area contributed by atoms with E-state index in [9.17, 15) is 0 Å². The van der Waals surface area contributed by atoms with E-state index in [4.69, 9.17) is 11.6 Å². The Labute approximate surface area is 129 Å². The van der Waals surface area contributed by atoms with E-state index in [1.54, 1.807) is 11.3 Å². The summed E-state index contributed by atoms with van der Waals surface area (Å²) in [7, 11) is 2.10. The van der Waals surface area contributed by atoms with Crippen molar-refractivity contribution in [2.75, 3.05) is 13.6 Å². The van der Waals surface area contributed by atoms with Crippen molar-refractivity contribution in [1.29, 1.82) is 0 Å². The van der Waals surface area contributed by atoms with Crippen molar-refractivity contribution >= 4 is 22.9 Å². The fourth-order valence-corrected chi connectivity index (χ4v) is 2.98. The molecule has 108 valence electrons. The van der Waals surface area contributed by atoms with Gasteiger partial charge < -0.3 is 5.32 Å². The van der Waals surface area contributed by atoms with Crippen molar-refractivity contribution in [2.45, 2.75) is 26.6 Å². The van der Waals surface area contributed by atoms with E-state index >= 15 is 0 Å². The zero-order valence-corrected chi connectivity index (χ0v) is 13.5. The Morgan fingerprint density at radius 1 is 1.35 bits per heavy atom. The fourth-order valence-electron chi connectivity index (χ4n) is 2.01. The first-order valence-corrected chi connectivity index (χ1v) is 8.00. The SMILES string of the molecule is CCNCc1nc(CN(C)Cc2cccc(Cl)c2)cs1. The average Bonchev–Trinajstić information content (AvgIpc) is 2.83. The van der Waals surface area contributed by atoms with Crippen molar-refractivity contribution in [3.8, 4) is 0 Å². The zero-order chi connectivity index (χ0) is 14.4. The summed E-state index contributed by atoms with van der Waals surface area (Å²) < 4.78 is 0. The van der Waals surface area contributed by atoms with Crippen LogP contribution in [0.25, 0.3) is 0 Å². The number of nitrogens with one attached hydrogen (secondary N) is 1. The molecule has 2 aromatic rings. The second-order valence-electron chi connectivity index (χ2n) is 4.82. The summed E-state index contributed by atoms with van der Waals surface area (Å²) in [6.07, 6.45) is 0. The first-order valence-electron chi connectivity index (χ1n) is 6.74. The quantitative estimate of drug-likeness (QED) is 0.848. The number of benzene rings is 1. The first-order chi connectivity index (χ1) is 9.67. The maximum atomic E-state index is 6.00. The molecule has 0 unspecified atom stereocenters. The summed E-state index contributed by atoms with van der Waals surface area (Å²) in [5.41, 5.74) is 2.36. The predicted octanol–water partition coefficient (Wildman–Crippen LogP) is 3.54. The molecule has 0 amide bonds. The maximum absolute atomic E-state index is 6.00. The van der Waals surface area contributed by atoms with Gasteiger partial charge in [-0.15, -0.1) is 11.3 Å². The van der Waals surface area contributed by atoms with Crippen molar-refractivity contribution < 1.29 is 0 Å². The standard InChI is InChI=1S/C15H20ClN3S/c1-3-17-8-15-18-14(11-20-15)10-19(2)9-12-5-4-6-13(16)7-12/h4-7,11,17H,3,8-10H2,1-2H3. The summed E-state index contributed by atoms with van der Waals surface area (Å²) in [6.45, 7) is 5.67. The molecule has 3 nitrogen and oxygen atoms in total. The normalized spacial score (nSPS) is 11.2. The number of nitrogens with zero attached hydrogens (tertiary/aromatic N) is 2. The van der Waals surface area contributed by atoms with Gasteiger partial charge >= 0.3 is 0 Å². The lowest BCUT2D eigenvalue weighted by Gasteiger charge is -2.15. The molecule has 1 aromatic heterocycles. The molecule has 0 radical (unpaired) electrons. The molecule has 0 bridgehead atoms. The van der Waals surface area contributed by atoms with Gasteiger partial charge in [0.2, 0.25) is 0 Å². The minimum absolute atomic E-state index is 0.789. The van der Waals surface area contributed by atoms with Crippen LogP contribution in [0.3, 0.4) is 0 Å². The third-order valence-corrected chi connectivity index (χ3v) is 4.03. The monoisotopic (exact) mass is 309 g/mol. The van der Waals surface area contributed by atoms with Crippen molar-refractivity contribution in [3.63, 3.8) is 0 Å². The van der Waals surface area contributed by atoms with Crippen LogP contribution in [0.15, 0.2) is 29.6 Å². The number of rotatable bonds is 7. The molecule has 1 aromatic carbocycles. The molecule has 20 heavy (non-hydrogen) atoms. The van der Waals surface area contributed by atoms with Crippen LogP contribution in [-0.4, -0.2) is 23.5 Å². The van der Waals surface area contributed by atoms with Crippen LogP contribution in [0, 0.1) is 0 Å². The van der Waals surface area contributed by atoms with E-state index in [2.05, 4.69) is 40.6 Å². The highest BCUT2D eigenvalue weighted by molar-refractivity contribution is 7.09. The number of halogens is 1. The summed E-state index contributed by atoms with van der Waals surface area (Å²) in [5, 5.41) is 7.38. The van der Waals surface area contributed by atoms with Crippen molar-refractivity contribution in [1.82, 2.24) is 15.2 Å². The molecule has 0 fully saturated rings. The van der Waals surface area contributed by atoms with Crippen LogP contribution in [0.2, 0.25) is 5.02 Å². The smallest absolute Gasteiger partial charge is 0.107 e. The number of thiazole rings is 1. The van der Waals surface area contributed by atoms with E-state index < -0.39 is 0 Å². The molecule has 0 saturated carbocycles. The highest BCUT2D eigenvalue weighted by Gasteiger charge is 2.06. The molecule has 0 spiro atoms. The minimum Gasteiger partial charge on any atom is -0.311 e. The van der Waals surface area contributed by atoms with E-state index in [-0.39, 0.29) is 0 Å². The van der Waals surface area contributed by atoms with Gasteiger partial charge in [0.1, 0.15) is 5.01 Å². The zero-order valence-electron chi connectivity index (χ0n) is 11.9. The van der Waals surface area contributed by atoms with Crippen LogP contribution in [0.5, 0.6) is 0 Å². The van der Waals surface area contributed by atoms with Crippen LogP contribution in [0.1, 0.15) is 23.2 Å². The lowest BCUT2D eigenvalue weighted by molar-refractivity contribution is 0.315. The predicted molar refractivity (Wildman–Crippen MR) is 86.1 cm³/mol. The second kappa shape index (κ2) is 7.74. The third-order valence-electron chi connectivity index (χ3n) is 2.90. The van der Waals surface area contributed by atoms with E-state index in [0.29, 0.717) is 0 Å². The highest BCUT2D eigenvalue weighted by atomic mass is 35.5. The fraction of sp³-hybridized carbons (Fsp3) is 0.400. The number of hydrogen-bond acceptors (Lipinski definition) is 4. The van der Waals surface area contributed by atoms with Gasteiger partial charge in [-0.05, 0) is 31.3 Å². The van der Waals surface area contributed by atoms with Crippen LogP contribution in [0.4, 0.5) is 0 Å². The summed E-state index contributed by atoms with van der Waals surface area (Å²) in [5.74, 6) is 0. The summed E-state index contributed by atoms with van der Waals surface area (Å²) in [6, 6.07) is 8.00. The molecule has 1 heterocycles. The van der Waals surface area contributed by atoms with Crippen LogP contribution in [-0.2, 0) is 19.6 Å². The lowest BCUT2D eigenvalue weighted by atomic mass is 10.2. The molecule has 0 atom stereocenters. The van der Waals surface area contributed by atoms with E-state index in [0.717, 1.165) is 41.9 Å². The van der Waals surface area contributed by atoms with Gasteiger partial charge in [0, 0.05) is 30.0 Å². The number of aromatic nitrogens is 1.